The molecule has 1 aliphatic heterocycles. The summed E-state index contributed by atoms with van der Waals surface area (Å²) in [6.07, 6.45) is 4.39. The maximum atomic E-state index is 11.9. The van der Waals surface area contributed by atoms with Crippen LogP contribution < -0.4 is 10.9 Å². The minimum atomic E-state index is -0.0213. The molecule has 0 aromatic carbocycles. The molecule has 1 fully saturated rings. The molecule has 5 heteroatoms. The predicted molar refractivity (Wildman–Crippen MR) is 78.8 cm³/mol. The first-order chi connectivity index (χ1) is 9.83. The van der Waals surface area contributed by atoms with Crippen LogP contribution in [0.5, 0.6) is 0 Å². The van der Waals surface area contributed by atoms with Crippen molar-refractivity contribution in [3.05, 3.63) is 46.5 Å². The third-order valence-corrected chi connectivity index (χ3v) is 3.73. The average molecular weight is 272 g/mol. The Balaban J connectivity index is 1.58. The molecule has 20 heavy (non-hydrogen) atoms. The SMILES string of the molecule is O=c1cc(CNCCN2CCCC2)nc2ccccn12. The molecule has 3 rings (SSSR count). The summed E-state index contributed by atoms with van der Waals surface area (Å²) in [5.41, 5.74) is 1.49. The van der Waals surface area contributed by atoms with Gasteiger partial charge in [0.05, 0.1) is 5.69 Å². The second-order valence-electron chi connectivity index (χ2n) is 5.24. The van der Waals surface area contributed by atoms with Gasteiger partial charge in [-0.05, 0) is 38.1 Å². The van der Waals surface area contributed by atoms with Crippen LogP contribution in [0.4, 0.5) is 0 Å². The predicted octanol–water partition coefficient (Wildman–Crippen LogP) is 0.880. The third-order valence-electron chi connectivity index (χ3n) is 3.73. The zero-order chi connectivity index (χ0) is 13.8. The van der Waals surface area contributed by atoms with Crippen molar-refractivity contribution in [1.82, 2.24) is 19.6 Å². The number of aromatic nitrogens is 2. The molecular formula is C15H20N4O. The summed E-state index contributed by atoms with van der Waals surface area (Å²) in [6, 6.07) is 7.20. The molecule has 1 aliphatic rings. The minimum Gasteiger partial charge on any atom is -0.310 e. The number of hydrogen-bond acceptors (Lipinski definition) is 4. The number of rotatable bonds is 5. The molecule has 0 atom stereocenters. The topological polar surface area (TPSA) is 49.6 Å². The number of nitrogens with one attached hydrogen (secondary N) is 1. The van der Waals surface area contributed by atoms with Crippen molar-refractivity contribution in [2.75, 3.05) is 26.2 Å². The maximum Gasteiger partial charge on any atom is 0.258 e. The Bertz CT molecular complexity index is 631. The number of nitrogens with zero attached hydrogens (tertiary/aromatic N) is 3. The first kappa shape index (κ1) is 13.3. The molecule has 2 aromatic heterocycles. The fourth-order valence-electron chi connectivity index (χ4n) is 2.65. The van der Waals surface area contributed by atoms with Crippen molar-refractivity contribution >= 4 is 5.65 Å². The smallest absolute Gasteiger partial charge is 0.258 e. The first-order valence-corrected chi connectivity index (χ1v) is 7.23. The zero-order valence-corrected chi connectivity index (χ0v) is 11.6. The zero-order valence-electron chi connectivity index (χ0n) is 11.6. The van der Waals surface area contributed by atoms with E-state index in [2.05, 4.69) is 15.2 Å². The van der Waals surface area contributed by atoms with Gasteiger partial charge < -0.3 is 10.2 Å². The Morgan fingerprint density at radius 3 is 2.95 bits per heavy atom. The lowest BCUT2D eigenvalue weighted by Crippen LogP contribution is -2.30. The number of pyridine rings is 1. The van der Waals surface area contributed by atoms with Crippen molar-refractivity contribution in [2.45, 2.75) is 19.4 Å². The molecule has 1 saturated heterocycles. The quantitative estimate of drug-likeness (QED) is 0.821. The van der Waals surface area contributed by atoms with Crippen LogP contribution in [0.25, 0.3) is 5.65 Å². The summed E-state index contributed by atoms with van der Waals surface area (Å²) < 4.78 is 1.56. The molecule has 0 bridgehead atoms. The summed E-state index contributed by atoms with van der Waals surface area (Å²) in [7, 11) is 0. The van der Waals surface area contributed by atoms with Gasteiger partial charge in [-0.15, -0.1) is 0 Å². The van der Waals surface area contributed by atoms with Crippen LogP contribution in [0.2, 0.25) is 0 Å². The van der Waals surface area contributed by atoms with E-state index in [1.54, 1.807) is 16.7 Å². The lowest BCUT2D eigenvalue weighted by atomic mass is 10.3. The highest BCUT2D eigenvalue weighted by atomic mass is 16.1. The van der Waals surface area contributed by atoms with Crippen LogP contribution in [0, 0.1) is 0 Å². The van der Waals surface area contributed by atoms with E-state index < -0.39 is 0 Å². The summed E-state index contributed by atoms with van der Waals surface area (Å²) in [5, 5.41) is 3.37. The van der Waals surface area contributed by atoms with Crippen LogP contribution in [-0.2, 0) is 6.54 Å². The van der Waals surface area contributed by atoms with E-state index in [-0.39, 0.29) is 5.56 Å². The molecule has 5 nitrogen and oxygen atoms in total. The van der Waals surface area contributed by atoms with Crippen LogP contribution in [0.15, 0.2) is 35.3 Å². The highest BCUT2D eigenvalue weighted by Gasteiger charge is 2.10. The molecule has 0 radical (unpaired) electrons. The second kappa shape index (κ2) is 6.15. The number of hydrogen-bond donors (Lipinski definition) is 1. The van der Waals surface area contributed by atoms with E-state index >= 15 is 0 Å². The minimum absolute atomic E-state index is 0.0213. The van der Waals surface area contributed by atoms with Crippen molar-refractivity contribution in [3.63, 3.8) is 0 Å². The van der Waals surface area contributed by atoms with Crippen molar-refractivity contribution in [2.24, 2.45) is 0 Å². The Morgan fingerprint density at radius 1 is 1.25 bits per heavy atom. The fraction of sp³-hybridized carbons (Fsp3) is 0.467. The van der Waals surface area contributed by atoms with E-state index in [0.29, 0.717) is 12.2 Å². The van der Waals surface area contributed by atoms with Gasteiger partial charge >= 0.3 is 0 Å². The monoisotopic (exact) mass is 272 g/mol. The van der Waals surface area contributed by atoms with Crippen LogP contribution in [0.1, 0.15) is 18.5 Å². The summed E-state index contributed by atoms with van der Waals surface area (Å²) in [5.74, 6) is 0. The fourth-order valence-corrected chi connectivity index (χ4v) is 2.65. The maximum absolute atomic E-state index is 11.9. The lowest BCUT2D eigenvalue weighted by Gasteiger charge is -2.14. The molecule has 106 valence electrons. The molecule has 0 unspecified atom stereocenters. The van der Waals surface area contributed by atoms with Crippen LogP contribution >= 0.6 is 0 Å². The Kier molecular flexibility index (Phi) is 4.08. The highest BCUT2D eigenvalue weighted by molar-refractivity contribution is 5.37. The van der Waals surface area contributed by atoms with Gasteiger partial charge in [0, 0.05) is 31.9 Å². The average Bonchev–Trinajstić information content (AvgIpc) is 2.97. The van der Waals surface area contributed by atoms with Gasteiger partial charge in [-0.2, -0.15) is 0 Å². The summed E-state index contributed by atoms with van der Waals surface area (Å²) >= 11 is 0. The second-order valence-corrected chi connectivity index (χ2v) is 5.24. The number of fused-ring (bicyclic) bond motifs is 1. The van der Waals surface area contributed by atoms with E-state index in [1.165, 1.54) is 25.9 Å². The van der Waals surface area contributed by atoms with Gasteiger partial charge in [-0.3, -0.25) is 9.20 Å². The molecule has 1 N–H and O–H groups in total. The molecule has 3 heterocycles. The van der Waals surface area contributed by atoms with Gasteiger partial charge in [0.25, 0.3) is 5.56 Å². The molecule has 0 aliphatic carbocycles. The Morgan fingerprint density at radius 2 is 2.10 bits per heavy atom. The Labute approximate surface area is 118 Å². The van der Waals surface area contributed by atoms with E-state index in [4.69, 9.17) is 0 Å². The van der Waals surface area contributed by atoms with Crippen LogP contribution in [0.3, 0.4) is 0 Å². The standard InChI is InChI=1S/C15H20N4O/c20-15-11-13(17-14-5-1-2-9-19(14)15)12-16-6-10-18-7-3-4-8-18/h1-2,5,9,11,16H,3-4,6-8,10,12H2. The van der Waals surface area contributed by atoms with Gasteiger partial charge in [0.1, 0.15) is 5.65 Å². The molecule has 0 amide bonds. The highest BCUT2D eigenvalue weighted by Crippen LogP contribution is 2.05. The largest absolute Gasteiger partial charge is 0.310 e. The van der Waals surface area contributed by atoms with Gasteiger partial charge in [-0.25, -0.2) is 4.98 Å². The van der Waals surface area contributed by atoms with E-state index in [9.17, 15) is 4.79 Å². The van der Waals surface area contributed by atoms with E-state index in [1.807, 2.05) is 18.2 Å². The van der Waals surface area contributed by atoms with E-state index in [0.717, 1.165) is 18.8 Å². The van der Waals surface area contributed by atoms with Gasteiger partial charge in [0.15, 0.2) is 0 Å². The van der Waals surface area contributed by atoms with Crippen molar-refractivity contribution in [1.29, 1.82) is 0 Å². The molecule has 0 spiro atoms. The van der Waals surface area contributed by atoms with Crippen LogP contribution in [-0.4, -0.2) is 40.5 Å². The van der Waals surface area contributed by atoms with Crippen molar-refractivity contribution in [3.8, 4) is 0 Å². The van der Waals surface area contributed by atoms with Crippen molar-refractivity contribution < 1.29 is 0 Å². The number of likely N-dealkylation sites (tertiary alicyclic amines) is 1. The molecule has 0 saturated carbocycles. The molecular weight excluding hydrogens is 252 g/mol. The summed E-state index contributed by atoms with van der Waals surface area (Å²) in [4.78, 5) is 18.9. The van der Waals surface area contributed by atoms with Gasteiger partial charge in [-0.1, -0.05) is 6.07 Å². The Hall–Kier alpha value is -1.72. The third kappa shape index (κ3) is 3.05. The van der Waals surface area contributed by atoms with Gasteiger partial charge in [0.2, 0.25) is 0 Å². The summed E-state index contributed by atoms with van der Waals surface area (Å²) in [6.45, 7) is 5.10. The lowest BCUT2D eigenvalue weighted by molar-refractivity contribution is 0.335. The normalized spacial score (nSPS) is 16.0. The first-order valence-electron chi connectivity index (χ1n) is 7.23. The molecule has 2 aromatic rings.